The van der Waals surface area contributed by atoms with E-state index in [0.29, 0.717) is 17.7 Å². The zero-order chi connectivity index (χ0) is 16.2. The Morgan fingerprint density at radius 1 is 1.29 bits per heavy atom. The van der Waals surface area contributed by atoms with Crippen molar-refractivity contribution < 1.29 is 19.5 Å². The Balaban J connectivity index is 3.00. The van der Waals surface area contributed by atoms with Crippen LogP contribution in [-0.4, -0.2) is 40.4 Å². The third kappa shape index (κ3) is 3.81. The van der Waals surface area contributed by atoms with E-state index in [-0.39, 0.29) is 5.91 Å². The number of hydrogen-bond donors (Lipinski definition) is 2. The highest BCUT2D eigenvalue weighted by atomic mass is 16.4. The fraction of sp³-hybridized carbons (Fsp3) is 0.400. The molecule has 0 saturated carbocycles. The number of amides is 2. The van der Waals surface area contributed by atoms with Crippen LogP contribution in [0.1, 0.15) is 37.6 Å². The Labute approximate surface area is 123 Å². The largest absolute Gasteiger partial charge is 0.480 e. The number of rotatable bonds is 5. The van der Waals surface area contributed by atoms with E-state index in [1.165, 1.54) is 27.0 Å². The topological polar surface area (TPSA) is 86.7 Å². The summed E-state index contributed by atoms with van der Waals surface area (Å²) in [5, 5.41) is 11.8. The number of aliphatic carboxylic acids is 1. The molecule has 0 unspecified atom stereocenters. The molecule has 0 spiro atoms. The van der Waals surface area contributed by atoms with Gasteiger partial charge in [-0.1, -0.05) is 13.0 Å². The summed E-state index contributed by atoms with van der Waals surface area (Å²) in [5.74, 6) is -1.66. The van der Waals surface area contributed by atoms with Crippen molar-refractivity contribution in [2.24, 2.45) is 0 Å². The fourth-order valence-electron chi connectivity index (χ4n) is 1.57. The van der Waals surface area contributed by atoms with Gasteiger partial charge in [-0.05, 0) is 32.0 Å². The summed E-state index contributed by atoms with van der Waals surface area (Å²) < 4.78 is 0. The van der Waals surface area contributed by atoms with Crippen LogP contribution in [0.5, 0.6) is 0 Å². The first kappa shape index (κ1) is 16.7. The Kier molecular flexibility index (Phi) is 5.07. The molecule has 0 heterocycles. The number of hydrogen-bond acceptors (Lipinski definition) is 3. The van der Waals surface area contributed by atoms with Gasteiger partial charge in [-0.2, -0.15) is 0 Å². The number of carboxylic acids is 1. The maximum atomic E-state index is 12.4. The number of carboxylic acid groups (broad SMARTS) is 1. The number of anilines is 1. The summed E-state index contributed by atoms with van der Waals surface area (Å²) >= 11 is 0. The summed E-state index contributed by atoms with van der Waals surface area (Å²) in [6, 6.07) is 6.43. The molecule has 0 fully saturated rings. The molecule has 21 heavy (non-hydrogen) atoms. The summed E-state index contributed by atoms with van der Waals surface area (Å²) in [5.41, 5.74) is -0.491. The molecule has 6 heteroatoms. The van der Waals surface area contributed by atoms with Gasteiger partial charge in [0.1, 0.15) is 5.54 Å². The van der Waals surface area contributed by atoms with E-state index in [4.69, 9.17) is 5.11 Å². The van der Waals surface area contributed by atoms with Gasteiger partial charge in [-0.25, -0.2) is 4.79 Å². The van der Waals surface area contributed by atoms with Gasteiger partial charge in [0.05, 0.1) is 0 Å². The van der Waals surface area contributed by atoms with Crippen LogP contribution in [0.15, 0.2) is 24.3 Å². The second-order valence-electron chi connectivity index (χ2n) is 5.21. The number of carbonyl (C=O) groups is 3. The van der Waals surface area contributed by atoms with Gasteiger partial charge in [0, 0.05) is 24.7 Å². The van der Waals surface area contributed by atoms with Crippen molar-refractivity contribution in [1.82, 2.24) is 4.90 Å². The van der Waals surface area contributed by atoms with Gasteiger partial charge >= 0.3 is 5.97 Å². The molecule has 6 nitrogen and oxygen atoms in total. The SMILES string of the molecule is CCC(=O)Nc1cccc(C(=O)N(C)C(C)(C)C(=O)O)c1. The molecule has 0 atom stereocenters. The molecule has 0 aliphatic carbocycles. The second-order valence-corrected chi connectivity index (χ2v) is 5.21. The van der Waals surface area contributed by atoms with Gasteiger partial charge in [0.2, 0.25) is 5.91 Å². The number of carbonyl (C=O) groups excluding carboxylic acids is 2. The van der Waals surface area contributed by atoms with Crippen molar-refractivity contribution in [3.63, 3.8) is 0 Å². The summed E-state index contributed by atoms with van der Waals surface area (Å²) in [4.78, 5) is 36.1. The third-order valence-electron chi connectivity index (χ3n) is 3.38. The number of benzene rings is 1. The molecule has 0 saturated heterocycles. The summed E-state index contributed by atoms with van der Waals surface area (Å²) in [7, 11) is 1.44. The molecule has 1 aromatic rings. The van der Waals surface area contributed by atoms with Crippen LogP contribution in [0, 0.1) is 0 Å². The van der Waals surface area contributed by atoms with E-state index in [0.717, 1.165) is 4.90 Å². The number of nitrogens with one attached hydrogen (secondary N) is 1. The third-order valence-corrected chi connectivity index (χ3v) is 3.38. The molecule has 2 N–H and O–H groups in total. The molecule has 0 radical (unpaired) electrons. The van der Waals surface area contributed by atoms with Crippen molar-refractivity contribution >= 4 is 23.5 Å². The predicted octanol–water partition coefficient (Wildman–Crippen LogP) is 1.97. The van der Waals surface area contributed by atoms with E-state index >= 15 is 0 Å². The lowest BCUT2D eigenvalue weighted by molar-refractivity contribution is -0.147. The van der Waals surface area contributed by atoms with E-state index < -0.39 is 17.4 Å². The van der Waals surface area contributed by atoms with Crippen molar-refractivity contribution in [2.45, 2.75) is 32.7 Å². The average molecular weight is 292 g/mol. The molecule has 0 aliphatic rings. The first-order valence-corrected chi connectivity index (χ1v) is 6.61. The van der Waals surface area contributed by atoms with E-state index in [1.54, 1.807) is 25.1 Å². The molecule has 2 amide bonds. The Bertz CT molecular complexity index is 567. The van der Waals surface area contributed by atoms with Crippen molar-refractivity contribution in [1.29, 1.82) is 0 Å². The minimum Gasteiger partial charge on any atom is -0.480 e. The monoisotopic (exact) mass is 292 g/mol. The molecule has 0 aromatic heterocycles. The Morgan fingerprint density at radius 2 is 1.90 bits per heavy atom. The molecule has 1 rings (SSSR count). The standard InChI is InChI=1S/C15H20N2O4/c1-5-12(18)16-11-8-6-7-10(9-11)13(19)17(4)15(2,3)14(20)21/h6-9H,5H2,1-4H3,(H,16,18)(H,20,21). The maximum absolute atomic E-state index is 12.4. The zero-order valence-corrected chi connectivity index (χ0v) is 12.6. The van der Waals surface area contributed by atoms with E-state index in [9.17, 15) is 14.4 Å². The van der Waals surface area contributed by atoms with Crippen molar-refractivity contribution in [3.05, 3.63) is 29.8 Å². The number of nitrogens with zero attached hydrogens (tertiary/aromatic N) is 1. The van der Waals surface area contributed by atoms with Crippen molar-refractivity contribution in [2.75, 3.05) is 12.4 Å². The van der Waals surface area contributed by atoms with Crippen LogP contribution < -0.4 is 5.32 Å². The highest BCUT2D eigenvalue weighted by molar-refractivity contribution is 5.99. The smallest absolute Gasteiger partial charge is 0.329 e. The molecule has 1 aromatic carbocycles. The van der Waals surface area contributed by atoms with Gasteiger partial charge in [-0.3, -0.25) is 9.59 Å². The maximum Gasteiger partial charge on any atom is 0.329 e. The van der Waals surface area contributed by atoms with Gasteiger partial charge in [0.25, 0.3) is 5.91 Å². The van der Waals surface area contributed by atoms with Crippen LogP contribution in [0.3, 0.4) is 0 Å². The summed E-state index contributed by atoms with van der Waals surface area (Å²) in [6.45, 7) is 4.64. The lowest BCUT2D eigenvalue weighted by atomic mass is 10.0. The quantitative estimate of drug-likeness (QED) is 0.868. The van der Waals surface area contributed by atoms with Crippen LogP contribution in [0.2, 0.25) is 0 Å². The highest BCUT2D eigenvalue weighted by Gasteiger charge is 2.35. The minimum absolute atomic E-state index is 0.154. The normalized spacial score (nSPS) is 10.9. The predicted molar refractivity (Wildman–Crippen MR) is 79.2 cm³/mol. The van der Waals surface area contributed by atoms with Gasteiger partial charge < -0.3 is 15.3 Å². The van der Waals surface area contributed by atoms with Crippen LogP contribution in [0.4, 0.5) is 5.69 Å². The fourth-order valence-corrected chi connectivity index (χ4v) is 1.57. The molecular weight excluding hydrogens is 272 g/mol. The Morgan fingerprint density at radius 3 is 2.43 bits per heavy atom. The van der Waals surface area contributed by atoms with Gasteiger partial charge in [0.15, 0.2) is 0 Å². The Hall–Kier alpha value is -2.37. The molecule has 0 bridgehead atoms. The van der Waals surface area contributed by atoms with Crippen LogP contribution >= 0.6 is 0 Å². The molecule has 0 aliphatic heterocycles. The van der Waals surface area contributed by atoms with Crippen molar-refractivity contribution in [3.8, 4) is 0 Å². The highest BCUT2D eigenvalue weighted by Crippen LogP contribution is 2.18. The van der Waals surface area contributed by atoms with E-state index in [2.05, 4.69) is 5.32 Å². The minimum atomic E-state index is -1.32. The van der Waals surface area contributed by atoms with Crippen LogP contribution in [0.25, 0.3) is 0 Å². The lowest BCUT2D eigenvalue weighted by Crippen LogP contribution is -2.50. The summed E-state index contributed by atoms with van der Waals surface area (Å²) in [6.07, 6.45) is 0.337. The zero-order valence-electron chi connectivity index (χ0n) is 12.6. The second kappa shape index (κ2) is 6.39. The van der Waals surface area contributed by atoms with Gasteiger partial charge in [-0.15, -0.1) is 0 Å². The number of likely N-dealkylation sites (N-methyl/N-ethyl adjacent to an activating group) is 1. The lowest BCUT2D eigenvalue weighted by Gasteiger charge is -2.31. The molecule has 114 valence electrons. The van der Waals surface area contributed by atoms with E-state index in [1.807, 2.05) is 0 Å². The first-order chi connectivity index (χ1) is 9.70. The average Bonchev–Trinajstić information content (AvgIpc) is 2.45. The van der Waals surface area contributed by atoms with Crippen LogP contribution in [-0.2, 0) is 9.59 Å². The first-order valence-electron chi connectivity index (χ1n) is 6.61. The molecular formula is C15H20N2O4.